The Kier molecular flexibility index (Phi) is 1.99. The van der Waals surface area contributed by atoms with Gasteiger partial charge in [0.2, 0.25) is 6.20 Å². The molecule has 14 heavy (non-hydrogen) atoms. The molecule has 2 rings (SSSR count). The van der Waals surface area contributed by atoms with E-state index < -0.39 is 0 Å². The molecule has 0 radical (unpaired) electrons. The lowest BCUT2D eigenvalue weighted by Gasteiger charge is -2.09. The summed E-state index contributed by atoms with van der Waals surface area (Å²) in [6, 6.07) is 8.27. The van der Waals surface area contributed by atoms with Gasteiger partial charge in [-0.25, -0.2) is 0 Å². The van der Waals surface area contributed by atoms with Crippen molar-refractivity contribution < 1.29 is 4.68 Å². The highest BCUT2D eigenvalue weighted by atomic mass is 15.3. The van der Waals surface area contributed by atoms with Crippen molar-refractivity contribution in [3.05, 3.63) is 36.7 Å². The summed E-state index contributed by atoms with van der Waals surface area (Å²) >= 11 is 0. The minimum atomic E-state index is 0.0457. The summed E-state index contributed by atoms with van der Waals surface area (Å²) in [7, 11) is 0. The van der Waals surface area contributed by atoms with Crippen molar-refractivity contribution >= 4 is 10.8 Å². The average Bonchev–Trinajstić information content (AvgIpc) is 2.16. The largest absolute Gasteiger partial charge is 0.204 e. The molecular weight excluding hydrogens is 172 g/mol. The zero-order chi connectivity index (χ0) is 10.2. The third kappa shape index (κ3) is 1.60. The second kappa shape index (κ2) is 3.05. The SMILES string of the molecule is CC(C)(C)[n+]1cc2ccccc2cn1. The van der Waals surface area contributed by atoms with E-state index in [4.69, 9.17) is 0 Å². The molecule has 0 atom stereocenters. The average molecular weight is 187 g/mol. The Morgan fingerprint density at radius 3 is 2.36 bits per heavy atom. The van der Waals surface area contributed by atoms with Crippen molar-refractivity contribution in [2.45, 2.75) is 26.3 Å². The zero-order valence-electron chi connectivity index (χ0n) is 8.86. The van der Waals surface area contributed by atoms with Crippen molar-refractivity contribution in [3.63, 3.8) is 0 Å². The van der Waals surface area contributed by atoms with Gasteiger partial charge in [-0.1, -0.05) is 22.9 Å². The van der Waals surface area contributed by atoms with E-state index in [1.807, 2.05) is 16.9 Å². The van der Waals surface area contributed by atoms with Crippen LogP contribution in [0.3, 0.4) is 0 Å². The summed E-state index contributed by atoms with van der Waals surface area (Å²) in [4.78, 5) is 0. The van der Waals surface area contributed by atoms with Gasteiger partial charge in [0.1, 0.15) is 6.20 Å². The van der Waals surface area contributed by atoms with Crippen molar-refractivity contribution in [2.75, 3.05) is 0 Å². The molecule has 0 saturated heterocycles. The Morgan fingerprint density at radius 2 is 1.71 bits per heavy atom. The van der Waals surface area contributed by atoms with E-state index in [2.05, 4.69) is 50.3 Å². The second-order valence-corrected chi connectivity index (χ2v) is 4.52. The lowest BCUT2D eigenvalue weighted by atomic mass is 10.1. The molecule has 0 unspecified atom stereocenters. The fourth-order valence-corrected chi connectivity index (χ4v) is 1.40. The van der Waals surface area contributed by atoms with Gasteiger partial charge in [0.25, 0.3) is 0 Å². The Morgan fingerprint density at radius 1 is 1.07 bits per heavy atom. The van der Waals surface area contributed by atoms with Gasteiger partial charge in [-0.3, -0.25) is 0 Å². The predicted molar refractivity (Wildman–Crippen MR) is 56.9 cm³/mol. The van der Waals surface area contributed by atoms with E-state index in [-0.39, 0.29) is 5.54 Å². The van der Waals surface area contributed by atoms with Gasteiger partial charge in [0, 0.05) is 31.5 Å². The Bertz CT molecular complexity index is 455. The molecule has 0 amide bonds. The monoisotopic (exact) mass is 187 g/mol. The van der Waals surface area contributed by atoms with Gasteiger partial charge in [0.05, 0.1) is 0 Å². The second-order valence-electron chi connectivity index (χ2n) is 4.52. The van der Waals surface area contributed by atoms with Gasteiger partial charge < -0.3 is 0 Å². The lowest BCUT2D eigenvalue weighted by Crippen LogP contribution is -2.52. The van der Waals surface area contributed by atoms with Crippen LogP contribution in [0.15, 0.2) is 36.7 Å². The third-order valence-corrected chi connectivity index (χ3v) is 2.27. The minimum Gasteiger partial charge on any atom is -0.0862 e. The molecule has 2 aromatic rings. The Balaban J connectivity index is 2.63. The van der Waals surface area contributed by atoms with Crippen LogP contribution in [0.5, 0.6) is 0 Å². The van der Waals surface area contributed by atoms with Crippen LogP contribution in [0, 0.1) is 0 Å². The number of hydrogen-bond donors (Lipinski definition) is 0. The summed E-state index contributed by atoms with van der Waals surface area (Å²) in [6.45, 7) is 6.44. The van der Waals surface area contributed by atoms with Crippen LogP contribution in [0.1, 0.15) is 20.8 Å². The summed E-state index contributed by atoms with van der Waals surface area (Å²) in [5.74, 6) is 0. The minimum absolute atomic E-state index is 0.0457. The lowest BCUT2D eigenvalue weighted by molar-refractivity contribution is -0.804. The Hall–Kier alpha value is -1.44. The van der Waals surface area contributed by atoms with Crippen LogP contribution < -0.4 is 4.68 Å². The van der Waals surface area contributed by atoms with Crippen LogP contribution in [-0.4, -0.2) is 5.10 Å². The molecule has 72 valence electrons. The van der Waals surface area contributed by atoms with Crippen molar-refractivity contribution in [2.24, 2.45) is 0 Å². The molecule has 0 aliphatic carbocycles. The van der Waals surface area contributed by atoms with E-state index in [9.17, 15) is 0 Å². The number of rotatable bonds is 0. The first kappa shape index (κ1) is 9.13. The number of hydrogen-bond acceptors (Lipinski definition) is 1. The summed E-state index contributed by atoms with van der Waals surface area (Å²) in [5.41, 5.74) is 0.0457. The van der Waals surface area contributed by atoms with E-state index in [1.54, 1.807) is 0 Å². The van der Waals surface area contributed by atoms with Crippen LogP contribution in [0.2, 0.25) is 0 Å². The number of nitrogens with zero attached hydrogens (tertiary/aromatic N) is 2. The van der Waals surface area contributed by atoms with E-state index >= 15 is 0 Å². The first-order valence-electron chi connectivity index (χ1n) is 4.84. The van der Waals surface area contributed by atoms with Crippen LogP contribution in [0.25, 0.3) is 10.8 Å². The summed E-state index contributed by atoms with van der Waals surface area (Å²) in [6.07, 6.45) is 4.01. The van der Waals surface area contributed by atoms with Crippen LogP contribution in [0.4, 0.5) is 0 Å². The van der Waals surface area contributed by atoms with Crippen molar-refractivity contribution in [1.82, 2.24) is 5.10 Å². The molecule has 0 spiro atoms. The standard InChI is InChI=1S/C12H15N2/c1-12(2,3)14-9-11-7-5-4-6-10(11)8-13-14/h4-9H,1-3H3/q+1. The molecule has 0 bridgehead atoms. The number of aromatic nitrogens is 2. The fraction of sp³-hybridized carbons (Fsp3) is 0.333. The predicted octanol–water partition coefficient (Wildman–Crippen LogP) is 2.28. The van der Waals surface area contributed by atoms with Crippen LogP contribution >= 0.6 is 0 Å². The fourth-order valence-electron chi connectivity index (χ4n) is 1.40. The smallest absolute Gasteiger partial charge is 0.0862 e. The first-order valence-corrected chi connectivity index (χ1v) is 4.84. The molecule has 2 heteroatoms. The van der Waals surface area contributed by atoms with Gasteiger partial charge in [-0.15, -0.1) is 0 Å². The molecule has 1 aromatic heterocycles. The highest BCUT2D eigenvalue weighted by Crippen LogP contribution is 2.10. The van der Waals surface area contributed by atoms with Gasteiger partial charge in [0.15, 0.2) is 5.54 Å². The van der Waals surface area contributed by atoms with Gasteiger partial charge in [-0.05, 0) is 11.2 Å². The van der Waals surface area contributed by atoms with Crippen LogP contribution in [-0.2, 0) is 5.54 Å². The maximum absolute atomic E-state index is 4.39. The van der Waals surface area contributed by atoms with Crippen molar-refractivity contribution in [3.8, 4) is 0 Å². The molecule has 1 heterocycles. The van der Waals surface area contributed by atoms with E-state index in [0.717, 1.165) is 0 Å². The molecule has 1 aromatic carbocycles. The zero-order valence-corrected chi connectivity index (χ0v) is 8.86. The molecule has 2 nitrogen and oxygen atoms in total. The van der Waals surface area contributed by atoms with Crippen molar-refractivity contribution in [1.29, 1.82) is 0 Å². The maximum Gasteiger partial charge on any atom is 0.204 e. The molecule has 0 N–H and O–H groups in total. The number of benzene rings is 1. The highest BCUT2D eigenvalue weighted by Gasteiger charge is 2.23. The quantitative estimate of drug-likeness (QED) is 0.578. The Labute approximate surface area is 84.2 Å². The maximum atomic E-state index is 4.39. The highest BCUT2D eigenvalue weighted by molar-refractivity contribution is 5.79. The van der Waals surface area contributed by atoms with E-state index in [1.165, 1.54) is 10.8 Å². The summed E-state index contributed by atoms with van der Waals surface area (Å²) < 4.78 is 2.00. The topological polar surface area (TPSA) is 16.8 Å². The van der Waals surface area contributed by atoms with E-state index in [0.29, 0.717) is 0 Å². The summed E-state index contributed by atoms with van der Waals surface area (Å²) in [5, 5.41) is 6.82. The molecule has 0 aliphatic rings. The van der Waals surface area contributed by atoms with Gasteiger partial charge in [-0.2, -0.15) is 0 Å². The first-order chi connectivity index (χ1) is 6.57. The molecule has 0 aliphatic heterocycles. The third-order valence-electron chi connectivity index (χ3n) is 2.27. The van der Waals surface area contributed by atoms with Gasteiger partial charge >= 0.3 is 0 Å². The molecule has 0 fully saturated rings. The molecular formula is C12H15N2+. The normalized spacial score (nSPS) is 11.9. The molecule has 0 saturated carbocycles. The number of fused-ring (bicyclic) bond motifs is 1.